The molecule has 0 radical (unpaired) electrons. The fraction of sp³-hybridized carbons (Fsp3) is 0.462. The van der Waals surface area contributed by atoms with E-state index in [1.165, 1.54) is 0 Å². The summed E-state index contributed by atoms with van der Waals surface area (Å²) in [5.41, 5.74) is 0.218. The van der Waals surface area contributed by atoms with Crippen molar-refractivity contribution < 1.29 is 19.2 Å². The summed E-state index contributed by atoms with van der Waals surface area (Å²) in [6, 6.07) is 1.17. The van der Waals surface area contributed by atoms with Gasteiger partial charge in [0.15, 0.2) is 11.5 Å². The summed E-state index contributed by atoms with van der Waals surface area (Å²) in [5.74, 6) is 0.288. The zero-order valence-electron chi connectivity index (χ0n) is 11.9. The predicted molar refractivity (Wildman–Crippen MR) is 72.1 cm³/mol. The SMILES string of the molecule is C[C@H](NC(=O)c1cc(C2CC2)on1)c1n[nH]c(CC(=O)O)n1. The number of rotatable bonds is 6. The molecule has 1 aliphatic rings. The minimum absolute atomic E-state index is 0.218. The Morgan fingerprint density at radius 3 is 3.00 bits per heavy atom. The van der Waals surface area contributed by atoms with Crippen LogP contribution < -0.4 is 5.32 Å². The Morgan fingerprint density at radius 1 is 1.55 bits per heavy atom. The van der Waals surface area contributed by atoms with E-state index in [2.05, 4.69) is 25.7 Å². The number of amides is 1. The second-order valence-electron chi connectivity index (χ2n) is 5.29. The van der Waals surface area contributed by atoms with Crippen LogP contribution in [0, 0.1) is 0 Å². The van der Waals surface area contributed by atoms with Crippen LogP contribution in [0.25, 0.3) is 0 Å². The second kappa shape index (κ2) is 5.58. The average Bonchev–Trinajstić information content (AvgIpc) is 3.00. The molecule has 116 valence electrons. The number of nitrogens with zero attached hydrogens (tertiary/aromatic N) is 3. The third kappa shape index (κ3) is 3.13. The van der Waals surface area contributed by atoms with Crippen molar-refractivity contribution in [2.24, 2.45) is 0 Å². The summed E-state index contributed by atoms with van der Waals surface area (Å²) in [7, 11) is 0. The Bertz CT molecular complexity index is 703. The van der Waals surface area contributed by atoms with E-state index in [0.717, 1.165) is 18.6 Å². The quantitative estimate of drug-likeness (QED) is 0.718. The molecule has 1 aliphatic carbocycles. The Kier molecular flexibility index (Phi) is 3.61. The molecular formula is C13H15N5O4. The number of hydrogen-bond donors (Lipinski definition) is 3. The van der Waals surface area contributed by atoms with Gasteiger partial charge in [0.25, 0.3) is 5.91 Å². The lowest BCUT2D eigenvalue weighted by atomic mass is 10.2. The third-order valence-electron chi connectivity index (χ3n) is 3.34. The van der Waals surface area contributed by atoms with Gasteiger partial charge in [-0.05, 0) is 19.8 Å². The minimum atomic E-state index is -1.01. The normalized spacial score (nSPS) is 15.5. The maximum Gasteiger partial charge on any atom is 0.311 e. The summed E-state index contributed by atoms with van der Waals surface area (Å²) in [4.78, 5) is 26.7. The number of hydrogen-bond acceptors (Lipinski definition) is 6. The highest BCUT2D eigenvalue weighted by Crippen LogP contribution is 2.40. The maximum atomic E-state index is 12.1. The lowest BCUT2D eigenvalue weighted by Gasteiger charge is -2.08. The van der Waals surface area contributed by atoms with Gasteiger partial charge in [0, 0.05) is 12.0 Å². The van der Waals surface area contributed by atoms with Crippen molar-refractivity contribution in [3.8, 4) is 0 Å². The van der Waals surface area contributed by atoms with Crippen LogP contribution in [0.4, 0.5) is 0 Å². The van der Waals surface area contributed by atoms with Crippen LogP contribution in [0.1, 0.15) is 59.6 Å². The Morgan fingerprint density at radius 2 is 2.32 bits per heavy atom. The van der Waals surface area contributed by atoms with Crippen molar-refractivity contribution in [2.45, 2.75) is 38.1 Å². The van der Waals surface area contributed by atoms with E-state index in [1.807, 2.05) is 0 Å². The van der Waals surface area contributed by atoms with Gasteiger partial charge in [-0.1, -0.05) is 5.16 Å². The molecular weight excluding hydrogens is 290 g/mol. The number of H-pyrrole nitrogens is 1. The van der Waals surface area contributed by atoms with Crippen molar-refractivity contribution in [3.05, 3.63) is 29.2 Å². The number of carbonyl (C=O) groups is 2. The Labute approximate surface area is 125 Å². The number of carboxylic acid groups (broad SMARTS) is 1. The first kappa shape index (κ1) is 14.2. The van der Waals surface area contributed by atoms with Crippen molar-refractivity contribution in [1.29, 1.82) is 0 Å². The van der Waals surface area contributed by atoms with Crippen LogP contribution in [0.15, 0.2) is 10.6 Å². The molecule has 0 bridgehead atoms. The summed E-state index contributed by atoms with van der Waals surface area (Å²) in [5, 5.41) is 21.6. The van der Waals surface area contributed by atoms with Crippen LogP contribution in [0.5, 0.6) is 0 Å². The number of aromatic nitrogens is 4. The minimum Gasteiger partial charge on any atom is -0.481 e. The predicted octanol–water partition coefficient (Wildman–Crippen LogP) is 0.788. The molecule has 0 spiro atoms. The number of aromatic amines is 1. The molecule has 3 rings (SSSR count). The molecule has 0 aliphatic heterocycles. The standard InChI is InChI=1S/C13H15N5O4/c1-6(12-15-10(16-17-12)5-11(19)20)14-13(21)8-4-9(22-18-8)7-2-3-7/h4,6-7H,2-3,5H2,1H3,(H,14,21)(H,19,20)(H,15,16,17)/t6-/m0/s1. The lowest BCUT2D eigenvalue weighted by molar-refractivity contribution is -0.136. The van der Waals surface area contributed by atoms with E-state index in [-0.39, 0.29) is 23.8 Å². The van der Waals surface area contributed by atoms with Crippen LogP contribution >= 0.6 is 0 Å². The van der Waals surface area contributed by atoms with E-state index >= 15 is 0 Å². The van der Waals surface area contributed by atoms with Crippen molar-refractivity contribution >= 4 is 11.9 Å². The van der Waals surface area contributed by atoms with Gasteiger partial charge < -0.3 is 14.9 Å². The number of nitrogens with one attached hydrogen (secondary N) is 2. The molecule has 1 fully saturated rings. The summed E-state index contributed by atoms with van der Waals surface area (Å²) in [6.07, 6.45) is 1.88. The van der Waals surface area contributed by atoms with Gasteiger partial charge in [0.05, 0.1) is 6.04 Å². The van der Waals surface area contributed by atoms with E-state index < -0.39 is 12.0 Å². The first-order valence-electron chi connectivity index (χ1n) is 6.93. The molecule has 22 heavy (non-hydrogen) atoms. The lowest BCUT2D eigenvalue weighted by Crippen LogP contribution is -2.27. The highest BCUT2D eigenvalue weighted by molar-refractivity contribution is 5.92. The van der Waals surface area contributed by atoms with Gasteiger partial charge in [0.2, 0.25) is 0 Å². The smallest absolute Gasteiger partial charge is 0.311 e. The second-order valence-corrected chi connectivity index (χ2v) is 5.29. The van der Waals surface area contributed by atoms with E-state index in [1.54, 1.807) is 13.0 Å². The molecule has 3 N–H and O–H groups in total. The highest BCUT2D eigenvalue weighted by atomic mass is 16.5. The number of aliphatic carboxylic acids is 1. The van der Waals surface area contributed by atoms with E-state index in [4.69, 9.17) is 9.63 Å². The maximum absolute atomic E-state index is 12.1. The molecule has 2 aromatic rings. The first-order valence-corrected chi connectivity index (χ1v) is 6.93. The molecule has 0 unspecified atom stereocenters. The van der Waals surface area contributed by atoms with Gasteiger partial charge in [-0.15, -0.1) is 0 Å². The van der Waals surface area contributed by atoms with Crippen LogP contribution in [0.3, 0.4) is 0 Å². The molecule has 0 saturated heterocycles. The monoisotopic (exact) mass is 305 g/mol. The van der Waals surface area contributed by atoms with Gasteiger partial charge in [-0.2, -0.15) is 5.10 Å². The fourth-order valence-corrected chi connectivity index (χ4v) is 2.02. The molecule has 9 heteroatoms. The zero-order valence-corrected chi connectivity index (χ0v) is 11.9. The molecule has 2 heterocycles. The topological polar surface area (TPSA) is 134 Å². The van der Waals surface area contributed by atoms with Gasteiger partial charge in [-0.3, -0.25) is 14.7 Å². The summed E-state index contributed by atoms with van der Waals surface area (Å²) >= 11 is 0. The van der Waals surface area contributed by atoms with Crippen LogP contribution in [-0.4, -0.2) is 37.3 Å². The number of carbonyl (C=O) groups excluding carboxylic acids is 1. The van der Waals surface area contributed by atoms with Gasteiger partial charge in [-0.25, -0.2) is 4.98 Å². The van der Waals surface area contributed by atoms with E-state index in [0.29, 0.717) is 11.7 Å². The van der Waals surface area contributed by atoms with Crippen LogP contribution in [-0.2, 0) is 11.2 Å². The average molecular weight is 305 g/mol. The molecule has 0 aromatic carbocycles. The fourth-order valence-electron chi connectivity index (χ4n) is 2.02. The zero-order chi connectivity index (χ0) is 15.7. The van der Waals surface area contributed by atoms with Gasteiger partial charge >= 0.3 is 5.97 Å². The molecule has 1 atom stereocenters. The molecule has 2 aromatic heterocycles. The van der Waals surface area contributed by atoms with Gasteiger partial charge in [0.1, 0.15) is 18.0 Å². The molecule has 1 saturated carbocycles. The Hall–Kier alpha value is -2.71. The Balaban J connectivity index is 1.62. The highest BCUT2D eigenvalue weighted by Gasteiger charge is 2.29. The summed E-state index contributed by atoms with van der Waals surface area (Å²) < 4.78 is 5.13. The van der Waals surface area contributed by atoms with Crippen LogP contribution in [0.2, 0.25) is 0 Å². The molecule has 1 amide bonds. The number of carboxylic acids is 1. The van der Waals surface area contributed by atoms with Crippen molar-refractivity contribution in [3.63, 3.8) is 0 Å². The summed E-state index contributed by atoms with van der Waals surface area (Å²) in [6.45, 7) is 1.70. The first-order chi connectivity index (χ1) is 10.5. The van der Waals surface area contributed by atoms with Crippen molar-refractivity contribution in [2.75, 3.05) is 0 Å². The largest absolute Gasteiger partial charge is 0.481 e. The van der Waals surface area contributed by atoms with E-state index in [9.17, 15) is 9.59 Å². The molecule has 9 nitrogen and oxygen atoms in total. The van der Waals surface area contributed by atoms with Crippen molar-refractivity contribution in [1.82, 2.24) is 25.7 Å². The third-order valence-corrected chi connectivity index (χ3v) is 3.34.